The van der Waals surface area contributed by atoms with Crippen LogP contribution >= 0.6 is 0 Å². The van der Waals surface area contributed by atoms with Crippen LogP contribution in [0.1, 0.15) is 48.5 Å². The molecule has 0 fully saturated rings. The second-order valence-corrected chi connectivity index (χ2v) is 6.14. The van der Waals surface area contributed by atoms with Crippen LogP contribution in [0.5, 0.6) is 5.75 Å². The number of hydrogen-bond donors (Lipinski definition) is 3. The Hall–Kier alpha value is -2.55. The summed E-state index contributed by atoms with van der Waals surface area (Å²) in [5.74, 6) is -1.91. The molecule has 0 radical (unpaired) electrons. The van der Waals surface area contributed by atoms with Gasteiger partial charge in [0.05, 0.1) is 12.5 Å². The van der Waals surface area contributed by atoms with Gasteiger partial charge in [0.2, 0.25) is 11.8 Å². The molecular weight excluding hydrogens is 339 g/mol. The first-order valence-corrected chi connectivity index (χ1v) is 8.63. The predicted octanol–water partition coefficient (Wildman–Crippen LogP) is 0.348. The summed E-state index contributed by atoms with van der Waals surface area (Å²) in [4.78, 5) is 34.8. The molecule has 0 spiro atoms. The van der Waals surface area contributed by atoms with Crippen molar-refractivity contribution in [3.63, 3.8) is 0 Å². The van der Waals surface area contributed by atoms with E-state index in [1.807, 2.05) is 6.92 Å². The van der Waals surface area contributed by atoms with Gasteiger partial charge < -0.3 is 25.5 Å². The lowest BCUT2D eigenvalue weighted by Gasteiger charge is -2.29. The SMILES string of the molecule is CCCCOC(=O)c1cccc2c1OB(O)[C@@H](NC(=O)CCC(N)=O)C2. The molecule has 1 aliphatic rings. The standard InChI is InChI=1S/C17H23BN2O6/c1-2-3-9-25-17(23)12-6-4-5-11-10-13(18(24)26-16(11)12)20-15(22)8-7-14(19)21/h4-6,13,24H,2-3,7-10H2,1H3,(H2,19,21)(H,20,22)/t13-/m0/s1. The van der Waals surface area contributed by atoms with Crippen molar-refractivity contribution in [2.24, 2.45) is 5.73 Å². The zero-order chi connectivity index (χ0) is 19.1. The van der Waals surface area contributed by atoms with E-state index in [0.29, 0.717) is 12.2 Å². The van der Waals surface area contributed by atoms with Gasteiger partial charge in [0.1, 0.15) is 11.3 Å². The zero-order valence-corrected chi connectivity index (χ0v) is 14.7. The first-order valence-electron chi connectivity index (χ1n) is 8.63. The van der Waals surface area contributed by atoms with Gasteiger partial charge in [-0.2, -0.15) is 0 Å². The largest absolute Gasteiger partial charge is 0.547 e. The molecule has 1 aliphatic heterocycles. The minimum absolute atomic E-state index is 0.0603. The molecule has 2 rings (SSSR count). The molecule has 9 heteroatoms. The molecule has 8 nitrogen and oxygen atoms in total. The number of carbonyl (C=O) groups is 3. The second-order valence-electron chi connectivity index (χ2n) is 6.14. The fourth-order valence-corrected chi connectivity index (χ4v) is 2.61. The molecule has 26 heavy (non-hydrogen) atoms. The molecule has 4 N–H and O–H groups in total. The van der Waals surface area contributed by atoms with Gasteiger partial charge in [-0.1, -0.05) is 25.5 Å². The van der Waals surface area contributed by atoms with E-state index in [0.717, 1.165) is 12.8 Å². The third-order valence-corrected chi connectivity index (χ3v) is 4.02. The lowest BCUT2D eigenvalue weighted by molar-refractivity contribution is -0.125. The van der Waals surface area contributed by atoms with Crippen LogP contribution in [-0.2, 0) is 20.7 Å². The van der Waals surface area contributed by atoms with Crippen molar-refractivity contribution in [2.45, 2.75) is 45.0 Å². The normalized spacial score (nSPS) is 15.6. The first-order chi connectivity index (χ1) is 12.4. The summed E-state index contributed by atoms with van der Waals surface area (Å²) in [6.45, 7) is 2.32. The molecule has 140 valence electrons. The summed E-state index contributed by atoms with van der Waals surface area (Å²) in [5, 5.41) is 12.8. The summed E-state index contributed by atoms with van der Waals surface area (Å²) < 4.78 is 10.7. The minimum atomic E-state index is -1.32. The number of hydrogen-bond acceptors (Lipinski definition) is 6. The Morgan fingerprint density at radius 1 is 1.38 bits per heavy atom. The first kappa shape index (κ1) is 19.8. The number of benzene rings is 1. The van der Waals surface area contributed by atoms with Crippen molar-refractivity contribution in [1.29, 1.82) is 0 Å². The lowest BCUT2D eigenvalue weighted by Crippen LogP contribution is -2.53. The highest BCUT2D eigenvalue weighted by Gasteiger charge is 2.37. The Balaban J connectivity index is 2.05. The molecule has 0 saturated carbocycles. The van der Waals surface area contributed by atoms with Crippen molar-refractivity contribution in [2.75, 3.05) is 6.61 Å². The number of primary amides is 1. The third-order valence-electron chi connectivity index (χ3n) is 4.02. The number of nitrogens with two attached hydrogens (primary N) is 1. The van der Waals surface area contributed by atoms with Crippen LogP contribution in [-0.4, -0.2) is 42.5 Å². The van der Waals surface area contributed by atoms with Crippen LogP contribution in [0.4, 0.5) is 0 Å². The fraction of sp³-hybridized carbons (Fsp3) is 0.471. The molecule has 1 atom stereocenters. The Morgan fingerprint density at radius 2 is 2.15 bits per heavy atom. The summed E-state index contributed by atoms with van der Waals surface area (Å²) in [6, 6.07) is 5.03. The molecule has 0 unspecified atom stereocenters. The highest BCUT2D eigenvalue weighted by atomic mass is 16.5. The monoisotopic (exact) mass is 362 g/mol. The number of unbranched alkanes of at least 4 members (excludes halogenated alkanes) is 1. The summed E-state index contributed by atoms with van der Waals surface area (Å²) in [7, 11) is -1.32. The van der Waals surface area contributed by atoms with Crippen molar-refractivity contribution in [1.82, 2.24) is 5.32 Å². The lowest BCUT2D eigenvalue weighted by atomic mass is 9.72. The van der Waals surface area contributed by atoms with E-state index in [1.165, 1.54) is 0 Å². The number of nitrogens with one attached hydrogen (secondary N) is 1. The summed E-state index contributed by atoms with van der Waals surface area (Å²) >= 11 is 0. The maximum absolute atomic E-state index is 12.2. The van der Waals surface area contributed by atoms with Crippen LogP contribution in [0.25, 0.3) is 0 Å². The van der Waals surface area contributed by atoms with Crippen molar-refractivity contribution < 1.29 is 28.8 Å². The number of ether oxygens (including phenoxy) is 1. The maximum Gasteiger partial charge on any atom is 0.547 e. The highest BCUT2D eigenvalue weighted by molar-refractivity contribution is 6.47. The number of amides is 2. The molecule has 1 heterocycles. The molecule has 0 bridgehead atoms. The molecule has 1 aromatic carbocycles. The van der Waals surface area contributed by atoms with Gasteiger partial charge in [0.15, 0.2) is 0 Å². The van der Waals surface area contributed by atoms with Crippen molar-refractivity contribution in [3.05, 3.63) is 29.3 Å². The van der Waals surface area contributed by atoms with E-state index in [-0.39, 0.29) is 30.6 Å². The van der Waals surface area contributed by atoms with E-state index >= 15 is 0 Å². The number of para-hydroxylation sites is 1. The van der Waals surface area contributed by atoms with Gasteiger partial charge in [-0.3, -0.25) is 9.59 Å². The fourth-order valence-electron chi connectivity index (χ4n) is 2.61. The zero-order valence-electron chi connectivity index (χ0n) is 14.7. The Labute approximate surface area is 152 Å². The number of esters is 1. The van der Waals surface area contributed by atoms with E-state index in [4.69, 9.17) is 15.1 Å². The number of rotatable bonds is 8. The molecular formula is C17H23BN2O6. The second kappa shape index (κ2) is 9.24. The van der Waals surface area contributed by atoms with Gasteiger partial charge in [0.25, 0.3) is 0 Å². The van der Waals surface area contributed by atoms with Gasteiger partial charge in [-0.25, -0.2) is 4.79 Å². The average Bonchev–Trinajstić information content (AvgIpc) is 2.60. The predicted molar refractivity (Wildman–Crippen MR) is 94.3 cm³/mol. The quantitative estimate of drug-likeness (QED) is 0.348. The Bertz CT molecular complexity index is 681. The van der Waals surface area contributed by atoms with E-state index < -0.39 is 30.8 Å². The van der Waals surface area contributed by atoms with Crippen molar-refractivity contribution in [3.8, 4) is 5.75 Å². The Kier molecular flexibility index (Phi) is 7.02. The topological polar surface area (TPSA) is 128 Å². The summed E-state index contributed by atoms with van der Waals surface area (Å²) in [5.41, 5.74) is 5.94. The minimum Gasteiger partial charge on any atom is -0.534 e. The van der Waals surface area contributed by atoms with E-state index in [1.54, 1.807) is 18.2 Å². The average molecular weight is 362 g/mol. The Morgan fingerprint density at radius 3 is 2.85 bits per heavy atom. The molecule has 0 aromatic heterocycles. The molecule has 0 saturated heterocycles. The van der Waals surface area contributed by atoms with Crippen molar-refractivity contribution >= 4 is 24.9 Å². The third kappa shape index (κ3) is 5.22. The van der Waals surface area contributed by atoms with Gasteiger partial charge in [-0.15, -0.1) is 0 Å². The van der Waals surface area contributed by atoms with E-state index in [9.17, 15) is 19.4 Å². The molecule has 0 aliphatic carbocycles. The van der Waals surface area contributed by atoms with Gasteiger partial charge in [-0.05, 0) is 24.5 Å². The number of carbonyl (C=O) groups excluding carboxylic acids is 3. The van der Waals surface area contributed by atoms with Crippen LogP contribution in [0.15, 0.2) is 18.2 Å². The van der Waals surface area contributed by atoms with Gasteiger partial charge in [0, 0.05) is 12.8 Å². The molecule has 1 aromatic rings. The van der Waals surface area contributed by atoms with Crippen LogP contribution in [0, 0.1) is 0 Å². The summed E-state index contributed by atoms with van der Waals surface area (Å²) in [6.07, 6.45) is 1.83. The van der Waals surface area contributed by atoms with E-state index in [2.05, 4.69) is 5.32 Å². The van der Waals surface area contributed by atoms with Gasteiger partial charge >= 0.3 is 13.1 Å². The van der Waals surface area contributed by atoms with Crippen LogP contribution < -0.4 is 15.7 Å². The van der Waals surface area contributed by atoms with Crippen LogP contribution in [0.3, 0.4) is 0 Å². The van der Waals surface area contributed by atoms with Crippen LogP contribution in [0.2, 0.25) is 0 Å². The molecule has 2 amide bonds. The number of fused-ring (bicyclic) bond motifs is 1. The smallest absolute Gasteiger partial charge is 0.534 e. The highest BCUT2D eigenvalue weighted by Crippen LogP contribution is 2.30. The maximum atomic E-state index is 12.2.